The van der Waals surface area contributed by atoms with Crippen LogP contribution in [0, 0.1) is 0 Å². The summed E-state index contributed by atoms with van der Waals surface area (Å²) >= 11 is 0. The van der Waals surface area contributed by atoms with Crippen LogP contribution in [0.4, 0.5) is 34.1 Å². The van der Waals surface area contributed by atoms with Crippen molar-refractivity contribution in [2.24, 2.45) is 0 Å². The van der Waals surface area contributed by atoms with Crippen LogP contribution in [0.25, 0.3) is 94.3 Å². The van der Waals surface area contributed by atoms with Gasteiger partial charge in [0.15, 0.2) is 0 Å². The first-order valence-electron chi connectivity index (χ1n) is 38.0. The summed E-state index contributed by atoms with van der Waals surface area (Å²) in [7, 11) is 0. The lowest BCUT2D eigenvalue weighted by atomic mass is 9.33. The van der Waals surface area contributed by atoms with Crippen LogP contribution >= 0.6 is 0 Å². The lowest BCUT2D eigenvalue weighted by molar-refractivity contribution is 0.591. The van der Waals surface area contributed by atoms with E-state index in [2.05, 4.69) is 316 Å². The van der Waals surface area contributed by atoms with Gasteiger partial charge in [0.1, 0.15) is 0 Å². The van der Waals surface area contributed by atoms with Gasteiger partial charge in [-0.25, -0.2) is 0 Å². The number of aromatic nitrogens is 1. The van der Waals surface area contributed by atoms with Crippen molar-refractivity contribution >= 4 is 79.0 Å². The molecule has 19 rings (SSSR count). The molecule has 0 radical (unpaired) electrons. The Morgan fingerprint density at radius 1 is 0.333 bits per heavy atom. The first-order valence-corrected chi connectivity index (χ1v) is 34.0. The van der Waals surface area contributed by atoms with E-state index < -0.39 is 48.4 Å². The van der Waals surface area contributed by atoms with Crippen molar-refractivity contribution in [1.29, 1.82) is 0 Å². The fourth-order valence-corrected chi connectivity index (χ4v) is 16.6. The minimum Gasteiger partial charge on any atom is -0.310 e. The fourth-order valence-electron chi connectivity index (χ4n) is 16.6. The van der Waals surface area contributed by atoms with Crippen LogP contribution in [0.15, 0.2) is 358 Å². The summed E-state index contributed by atoms with van der Waals surface area (Å²) in [4.78, 5) is 4.87. The van der Waals surface area contributed by atoms with E-state index >= 15 is 0 Å². The Morgan fingerprint density at radius 2 is 0.758 bits per heavy atom. The minimum absolute atomic E-state index is 0.00723. The van der Waals surface area contributed by atoms with E-state index in [4.69, 9.17) is 0 Å². The number of nitrogens with zero attached hydrogens (tertiary/aromatic N) is 3. The molecule has 0 N–H and O–H groups in total. The van der Waals surface area contributed by atoms with Crippen LogP contribution in [0.1, 0.15) is 59.6 Å². The van der Waals surface area contributed by atoms with Crippen molar-refractivity contribution in [1.82, 2.24) is 4.57 Å². The van der Waals surface area contributed by atoms with Gasteiger partial charge in [0.25, 0.3) is 6.71 Å². The highest BCUT2D eigenvalue weighted by Crippen LogP contribution is 2.60. The van der Waals surface area contributed by atoms with Crippen molar-refractivity contribution in [2.45, 2.75) is 31.6 Å². The van der Waals surface area contributed by atoms with Gasteiger partial charge in [-0.2, -0.15) is 0 Å². The van der Waals surface area contributed by atoms with Gasteiger partial charge in [-0.3, -0.25) is 0 Å². The molecule has 1 aromatic heterocycles. The summed E-state index contributed by atoms with van der Waals surface area (Å²) < 4.78 is 79.0. The third kappa shape index (κ3) is 8.99. The van der Waals surface area contributed by atoms with Crippen molar-refractivity contribution in [3.05, 3.63) is 386 Å². The second kappa shape index (κ2) is 23.0. The lowest BCUT2D eigenvalue weighted by Crippen LogP contribution is -2.61. The zero-order chi connectivity index (χ0) is 72.9. The maximum Gasteiger partial charge on any atom is 0.252 e. The summed E-state index contributed by atoms with van der Waals surface area (Å²) in [5, 5.41) is -0.0145. The molecule has 0 atom stereocenters. The first kappa shape index (κ1) is 50.2. The Kier molecular flexibility index (Phi) is 11.6. The fraction of sp³-hybridized carbons (Fsp3) is 0.0526. The summed E-state index contributed by atoms with van der Waals surface area (Å²) in [6, 6.07) is 107. The van der Waals surface area contributed by atoms with Gasteiger partial charge in [-0.1, -0.05) is 330 Å². The minimum atomic E-state index is -0.766. The van der Waals surface area contributed by atoms with Crippen LogP contribution in [0.2, 0.25) is 0 Å². The smallest absolute Gasteiger partial charge is 0.252 e. The van der Waals surface area contributed by atoms with E-state index in [1.807, 2.05) is 24.3 Å². The molecule has 2 aliphatic heterocycles. The Labute approximate surface area is 590 Å². The molecule has 0 unspecified atom stereocenters. The lowest BCUT2D eigenvalue weighted by Gasteiger charge is -2.46. The van der Waals surface area contributed by atoms with Gasteiger partial charge < -0.3 is 14.4 Å². The van der Waals surface area contributed by atoms with Crippen molar-refractivity contribution < 1.29 is 11.0 Å². The molecule has 0 saturated heterocycles. The van der Waals surface area contributed by atoms with E-state index in [0.29, 0.717) is 5.69 Å². The normalized spacial score (nSPS) is 14.4. The molecule has 16 aromatic rings. The molecular formula is C95H68BN3. The van der Waals surface area contributed by atoms with E-state index in [1.54, 1.807) is 4.57 Å². The molecule has 4 heteroatoms. The van der Waals surface area contributed by atoms with Gasteiger partial charge in [-0.15, -0.1) is 0 Å². The average molecular weight is 1270 g/mol. The highest BCUT2D eigenvalue weighted by atomic mass is 15.2. The van der Waals surface area contributed by atoms with Crippen LogP contribution < -0.4 is 26.2 Å². The largest absolute Gasteiger partial charge is 0.310 e. The summed E-state index contributed by atoms with van der Waals surface area (Å²) in [6.07, 6.45) is 0. The highest BCUT2D eigenvalue weighted by molar-refractivity contribution is 7.00. The van der Waals surface area contributed by atoms with Gasteiger partial charge in [0.05, 0.1) is 44.5 Å². The Balaban J connectivity index is 1.02. The molecule has 0 bridgehead atoms. The number of anilines is 6. The number of hydrogen-bond acceptors (Lipinski definition) is 2. The van der Waals surface area contributed by atoms with Crippen LogP contribution in [-0.2, 0) is 10.8 Å². The zero-order valence-corrected chi connectivity index (χ0v) is 54.9. The second-order valence-corrected chi connectivity index (χ2v) is 27.2. The van der Waals surface area contributed by atoms with Crippen LogP contribution in [0.3, 0.4) is 0 Å². The van der Waals surface area contributed by atoms with Gasteiger partial charge >= 0.3 is 0 Å². The first-order chi connectivity index (χ1) is 52.1. The zero-order valence-electron chi connectivity index (χ0n) is 62.9. The average Bonchev–Trinajstić information content (AvgIpc) is 1.64. The number of benzene rings is 15. The van der Waals surface area contributed by atoms with E-state index in [0.717, 1.165) is 134 Å². The molecular weight excluding hydrogens is 1190 g/mol. The number of rotatable bonds is 10. The molecule has 15 aromatic carbocycles. The monoisotopic (exact) mass is 1270 g/mol. The second-order valence-electron chi connectivity index (χ2n) is 27.2. The maximum absolute atomic E-state index is 10.1. The van der Waals surface area contributed by atoms with Crippen LogP contribution in [-0.4, -0.2) is 11.3 Å². The molecule has 3 nitrogen and oxygen atoms in total. The number of para-hydroxylation sites is 4. The molecule has 0 spiro atoms. The maximum atomic E-state index is 10.1. The van der Waals surface area contributed by atoms with Gasteiger partial charge in [0, 0.05) is 55.8 Å². The van der Waals surface area contributed by atoms with E-state index in [9.17, 15) is 11.0 Å². The molecule has 0 fully saturated rings. The van der Waals surface area contributed by atoms with Crippen molar-refractivity contribution in [3.8, 4) is 72.4 Å². The topological polar surface area (TPSA) is 11.4 Å². The molecule has 0 amide bonds. The van der Waals surface area contributed by atoms with E-state index in [-0.39, 0.29) is 39.3 Å². The van der Waals surface area contributed by atoms with Crippen LogP contribution in [0.5, 0.6) is 0 Å². The Hall–Kier alpha value is -12.2. The number of hydrogen-bond donors (Lipinski definition) is 0. The summed E-state index contributed by atoms with van der Waals surface area (Å²) in [5.41, 5.74) is 25.3. The Bertz CT molecular complexity index is 6110. The molecule has 99 heavy (non-hydrogen) atoms. The quantitative estimate of drug-likeness (QED) is 0.126. The summed E-state index contributed by atoms with van der Waals surface area (Å²) in [5.74, 6) is 0. The van der Waals surface area contributed by atoms with E-state index in [1.165, 1.54) is 11.1 Å². The number of fused-ring (bicyclic) bond motifs is 10. The third-order valence-electron chi connectivity index (χ3n) is 20.8. The SMILES string of the molecule is [2H]c1c([2H])c([2H])c2c(c1[2H])c1c([2H])c([2H])c([2H])c([2H])c1n2-c1cc2c3c(c1)N(c1c(-c4ccccc4)cccc1-c1ccccc1)c1cc(-c4cccc5c4C(c4ccccc4)(c4ccccc4)c4ccccc4-5)ccc1B3c1ccccc1N2c1c(-c2ccccc2)cc(C(C)(C)C)cc1-c1ccccc1. The predicted octanol–water partition coefficient (Wildman–Crippen LogP) is 22.9. The third-order valence-corrected chi connectivity index (χ3v) is 20.8. The molecule has 3 aliphatic rings. The molecule has 466 valence electrons. The molecule has 0 saturated carbocycles. The molecule has 1 aliphatic carbocycles. The van der Waals surface area contributed by atoms with Crippen molar-refractivity contribution in [2.75, 3.05) is 9.80 Å². The van der Waals surface area contributed by atoms with Gasteiger partial charge in [-0.05, 0) is 143 Å². The highest BCUT2D eigenvalue weighted by Gasteiger charge is 2.49. The Morgan fingerprint density at radius 3 is 1.30 bits per heavy atom. The predicted molar refractivity (Wildman–Crippen MR) is 418 cm³/mol. The van der Waals surface area contributed by atoms with Gasteiger partial charge in [0.2, 0.25) is 0 Å². The standard InChI is InChI=1S/C95H68BN3/c1-94(2,3)70-59-79(65-36-14-6-15-37-65)93(80(60-70)66-38-16-7-17-39-66)98-86-55-29-26-52-82(86)96-83-57-56-67(72-47-30-50-78-75-44-22-25-51-81(75)95(90(72)78,68-40-18-8-19-41-68)69-42-20-9-21-43-69)58-87(83)99(92-73(63-32-10-4-11-33-63)48-31-49-74(92)64-34-12-5-13-35-64)89-62-71(61-88(98)91(89)96)97-84-53-27-23-45-76(84)77-46-24-28-54-85(77)97/h4-62H,1-3H3/i23D,24D,27D,28D,45D,46D,53D,54D. The molecule has 3 heterocycles. The van der Waals surface area contributed by atoms with Crippen molar-refractivity contribution in [3.63, 3.8) is 0 Å². The summed E-state index contributed by atoms with van der Waals surface area (Å²) in [6.45, 7) is 6.28.